The molecular formula is C20H15N3O3. The van der Waals surface area contributed by atoms with Gasteiger partial charge in [0.1, 0.15) is 11.6 Å². The maximum Gasteiger partial charge on any atom is 0.270 e. The second-order valence-electron chi connectivity index (χ2n) is 5.77. The van der Waals surface area contributed by atoms with Gasteiger partial charge in [0.05, 0.1) is 4.92 Å². The number of nitriles is 1. The van der Waals surface area contributed by atoms with E-state index in [-0.39, 0.29) is 11.3 Å². The van der Waals surface area contributed by atoms with E-state index in [1.165, 1.54) is 12.1 Å². The molecule has 0 aliphatic carbocycles. The summed E-state index contributed by atoms with van der Waals surface area (Å²) in [7, 11) is 0. The SMILES string of the molecule is CCc1ccc(-c2cc(-c3cccc([N+](=O)[O-])c3)[nH]c(=O)c2C#N)cc1. The normalized spacial score (nSPS) is 10.3. The number of rotatable bonds is 4. The van der Waals surface area contributed by atoms with Gasteiger partial charge >= 0.3 is 0 Å². The maximum absolute atomic E-state index is 12.4. The Labute approximate surface area is 149 Å². The van der Waals surface area contributed by atoms with E-state index in [0.717, 1.165) is 17.5 Å². The first-order valence-electron chi connectivity index (χ1n) is 8.05. The minimum atomic E-state index is -0.522. The minimum absolute atomic E-state index is 0.0171. The number of benzene rings is 2. The topological polar surface area (TPSA) is 99.8 Å². The van der Waals surface area contributed by atoms with Crippen LogP contribution in [0, 0.1) is 21.4 Å². The zero-order chi connectivity index (χ0) is 18.7. The van der Waals surface area contributed by atoms with Gasteiger partial charge in [0, 0.05) is 29.0 Å². The van der Waals surface area contributed by atoms with Crippen molar-refractivity contribution >= 4 is 5.69 Å². The molecule has 1 heterocycles. The van der Waals surface area contributed by atoms with Crippen LogP contribution in [-0.4, -0.2) is 9.91 Å². The number of aryl methyl sites for hydroxylation is 1. The number of hydrogen-bond donors (Lipinski definition) is 1. The second-order valence-corrected chi connectivity index (χ2v) is 5.77. The van der Waals surface area contributed by atoms with Gasteiger partial charge in [0.2, 0.25) is 0 Å². The molecule has 3 aromatic rings. The lowest BCUT2D eigenvalue weighted by molar-refractivity contribution is -0.384. The first-order valence-corrected chi connectivity index (χ1v) is 8.05. The predicted molar refractivity (Wildman–Crippen MR) is 98.7 cm³/mol. The van der Waals surface area contributed by atoms with Crippen molar-refractivity contribution in [1.82, 2.24) is 4.98 Å². The van der Waals surface area contributed by atoms with Crippen molar-refractivity contribution < 1.29 is 4.92 Å². The fraction of sp³-hybridized carbons (Fsp3) is 0.100. The Bertz CT molecular complexity index is 1080. The van der Waals surface area contributed by atoms with E-state index in [0.29, 0.717) is 16.8 Å². The van der Waals surface area contributed by atoms with Crippen LogP contribution in [0.15, 0.2) is 59.4 Å². The molecule has 0 bridgehead atoms. The highest BCUT2D eigenvalue weighted by molar-refractivity contribution is 5.75. The number of hydrogen-bond acceptors (Lipinski definition) is 4. The number of nitro benzene ring substituents is 1. The Hall–Kier alpha value is -3.72. The van der Waals surface area contributed by atoms with E-state index in [4.69, 9.17) is 0 Å². The molecule has 128 valence electrons. The number of nitro groups is 1. The summed E-state index contributed by atoms with van der Waals surface area (Å²) in [6.07, 6.45) is 0.889. The number of nitrogens with one attached hydrogen (secondary N) is 1. The third-order valence-electron chi connectivity index (χ3n) is 4.19. The summed E-state index contributed by atoms with van der Waals surface area (Å²) in [6.45, 7) is 2.04. The van der Waals surface area contributed by atoms with Crippen molar-refractivity contribution in [3.63, 3.8) is 0 Å². The zero-order valence-electron chi connectivity index (χ0n) is 14.0. The molecule has 0 amide bonds. The van der Waals surface area contributed by atoms with E-state index < -0.39 is 10.5 Å². The number of aromatic nitrogens is 1. The lowest BCUT2D eigenvalue weighted by atomic mass is 9.97. The molecule has 1 aromatic heterocycles. The van der Waals surface area contributed by atoms with Crippen molar-refractivity contribution in [3.8, 4) is 28.5 Å². The fourth-order valence-corrected chi connectivity index (χ4v) is 2.76. The van der Waals surface area contributed by atoms with Crippen LogP contribution in [0.25, 0.3) is 22.4 Å². The van der Waals surface area contributed by atoms with Gasteiger partial charge < -0.3 is 4.98 Å². The maximum atomic E-state index is 12.4. The van der Waals surface area contributed by atoms with Gasteiger partial charge in [-0.15, -0.1) is 0 Å². The molecule has 0 saturated heterocycles. The van der Waals surface area contributed by atoms with E-state index in [2.05, 4.69) is 4.98 Å². The summed E-state index contributed by atoms with van der Waals surface area (Å²) in [5.41, 5.74) is 2.75. The van der Waals surface area contributed by atoms with Crippen molar-refractivity contribution in [3.05, 3.63) is 86.2 Å². The van der Waals surface area contributed by atoms with Gasteiger partial charge in [-0.25, -0.2) is 0 Å². The third kappa shape index (κ3) is 3.23. The summed E-state index contributed by atoms with van der Waals surface area (Å²) < 4.78 is 0. The molecule has 2 aromatic carbocycles. The van der Waals surface area contributed by atoms with E-state index >= 15 is 0 Å². The van der Waals surface area contributed by atoms with E-state index in [9.17, 15) is 20.2 Å². The number of non-ortho nitro benzene ring substituents is 1. The zero-order valence-corrected chi connectivity index (χ0v) is 14.0. The summed E-state index contributed by atoms with van der Waals surface area (Å²) in [5, 5.41) is 20.4. The van der Waals surface area contributed by atoms with Crippen LogP contribution in [0.4, 0.5) is 5.69 Å². The van der Waals surface area contributed by atoms with Crippen LogP contribution in [0.5, 0.6) is 0 Å². The summed E-state index contributed by atoms with van der Waals surface area (Å²) in [4.78, 5) is 25.5. The van der Waals surface area contributed by atoms with Crippen molar-refractivity contribution in [2.24, 2.45) is 0 Å². The highest BCUT2D eigenvalue weighted by Gasteiger charge is 2.14. The minimum Gasteiger partial charge on any atom is -0.321 e. The number of nitrogens with zero attached hydrogens (tertiary/aromatic N) is 2. The van der Waals surface area contributed by atoms with Crippen LogP contribution in [0.3, 0.4) is 0 Å². The first-order chi connectivity index (χ1) is 12.5. The molecule has 0 aliphatic rings. The van der Waals surface area contributed by atoms with Crippen molar-refractivity contribution in [2.75, 3.05) is 0 Å². The monoisotopic (exact) mass is 345 g/mol. The molecule has 0 saturated carbocycles. The van der Waals surface area contributed by atoms with Crippen LogP contribution >= 0.6 is 0 Å². The summed E-state index contributed by atoms with van der Waals surface area (Å²) in [5.74, 6) is 0. The lowest BCUT2D eigenvalue weighted by Crippen LogP contribution is -2.12. The Morgan fingerprint density at radius 3 is 2.46 bits per heavy atom. The largest absolute Gasteiger partial charge is 0.321 e. The van der Waals surface area contributed by atoms with Gasteiger partial charge in [-0.1, -0.05) is 43.3 Å². The van der Waals surface area contributed by atoms with Gasteiger partial charge in [0.25, 0.3) is 11.2 Å². The molecule has 6 nitrogen and oxygen atoms in total. The fourth-order valence-electron chi connectivity index (χ4n) is 2.76. The second kappa shape index (κ2) is 7.03. The van der Waals surface area contributed by atoms with Crippen LogP contribution in [0.2, 0.25) is 0 Å². The Morgan fingerprint density at radius 1 is 1.12 bits per heavy atom. The molecule has 1 N–H and O–H groups in total. The number of pyridine rings is 1. The van der Waals surface area contributed by atoms with E-state index in [1.54, 1.807) is 18.2 Å². The molecule has 6 heteroatoms. The number of H-pyrrole nitrogens is 1. The summed E-state index contributed by atoms with van der Waals surface area (Å²) >= 11 is 0. The van der Waals surface area contributed by atoms with Gasteiger partial charge in [-0.3, -0.25) is 14.9 Å². The van der Waals surface area contributed by atoms with Crippen LogP contribution in [-0.2, 0) is 6.42 Å². The van der Waals surface area contributed by atoms with Crippen molar-refractivity contribution in [2.45, 2.75) is 13.3 Å². The quantitative estimate of drug-likeness (QED) is 0.569. The predicted octanol–water partition coefficient (Wildman–Crippen LogP) is 4.05. The Balaban J connectivity index is 2.19. The molecule has 0 spiro atoms. The van der Waals surface area contributed by atoms with Gasteiger partial charge in [-0.05, 0) is 23.6 Å². The number of aromatic amines is 1. The molecular weight excluding hydrogens is 330 g/mol. The van der Waals surface area contributed by atoms with Crippen LogP contribution < -0.4 is 5.56 Å². The van der Waals surface area contributed by atoms with Gasteiger partial charge in [-0.2, -0.15) is 5.26 Å². The average Bonchev–Trinajstić information content (AvgIpc) is 2.67. The highest BCUT2D eigenvalue weighted by atomic mass is 16.6. The molecule has 0 fully saturated rings. The molecule has 0 radical (unpaired) electrons. The molecule has 26 heavy (non-hydrogen) atoms. The summed E-state index contributed by atoms with van der Waals surface area (Å²) in [6, 6.07) is 17.3. The lowest BCUT2D eigenvalue weighted by Gasteiger charge is -2.09. The smallest absolute Gasteiger partial charge is 0.270 e. The van der Waals surface area contributed by atoms with E-state index in [1.807, 2.05) is 37.3 Å². The Kier molecular flexibility index (Phi) is 4.63. The molecule has 0 atom stereocenters. The first kappa shape index (κ1) is 17.1. The third-order valence-corrected chi connectivity index (χ3v) is 4.19. The molecule has 0 unspecified atom stereocenters. The average molecular weight is 345 g/mol. The van der Waals surface area contributed by atoms with Crippen molar-refractivity contribution in [1.29, 1.82) is 5.26 Å². The highest BCUT2D eigenvalue weighted by Crippen LogP contribution is 2.28. The van der Waals surface area contributed by atoms with Crippen LogP contribution in [0.1, 0.15) is 18.1 Å². The Morgan fingerprint density at radius 2 is 1.85 bits per heavy atom. The standard InChI is InChI=1S/C20H15N3O3/c1-2-13-6-8-14(9-7-13)17-11-19(22-20(24)18(17)12-21)15-4-3-5-16(10-15)23(25)26/h3-11H,2H2,1H3,(H,22,24). The van der Waals surface area contributed by atoms with Gasteiger partial charge in [0.15, 0.2) is 0 Å². The molecule has 0 aliphatic heterocycles. The molecule has 3 rings (SSSR count).